The maximum Gasteiger partial charge on any atom is 0.281 e. The SMILES string of the molecule is CONC(=O)COc1ccc(C(C)(C)C)cc1. The van der Waals surface area contributed by atoms with E-state index in [1.807, 2.05) is 24.3 Å². The van der Waals surface area contributed by atoms with Crippen LogP contribution in [0.5, 0.6) is 5.75 Å². The number of hydrogen-bond donors (Lipinski definition) is 1. The maximum absolute atomic E-state index is 11.1. The van der Waals surface area contributed by atoms with Gasteiger partial charge in [0.15, 0.2) is 6.61 Å². The van der Waals surface area contributed by atoms with Gasteiger partial charge in [-0.15, -0.1) is 0 Å². The van der Waals surface area contributed by atoms with Crippen molar-refractivity contribution in [1.82, 2.24) is 5.48 Å². The monoisotopic (exact) mass is 237 g/mol. The Labute approximate surface area is 102 Å². The molecule has 94 valence electrons. The van der Waals surface area contributed by atoms with Crippen molar-refractivity contribution in [2.24, 2.45) is 0 Å². The van der Waals surface area contributed by atoms with Crippen LogP contribution in [0.1, 0.15) is 26.3 Å². The van der Waals surface area contributed by atoms with Crippen molar-refractivity contribution in [3.63, 3.8) is 0 Å². The predicted octanol–water partition coefficient (Wildman–Crippen LogP) is 2.04. The molecule has 4 nitrogen and oxygen atoms in total. The first-order valence-electron chi connectivity index (χ1n) is 5.48. The van der Waals surface area contributed by atoms with Gasteiger partial charge in [0.25, 0.3) is 5.91 Å². The molecule has 0 aliphatic carbocycles. The molecule has 0 aliphatic rings. The van der Waals surface area contributed by atoms with E-state index in [0.717, 1.165) is 0 Å². The molecule has 1 aromatic rings. The van der Waals surface area contributed by atoms with E-state index in [1.54, 1.807) is 0 Å². The predicted molar refractivity (Wildman–Crippen MR) is 65.8 cm³/mol. The Kier molecular flexibility index (Phi) is 4.52. The Bertz CT molecular complexity index is 365. The molecule has 0 heterocycles. The van der Waals surface area contributed by atoms with Crippen LogP contribution >= 0.6 is 0 Å². The molecular formula is C13H19NO3. The molecule has 17 heavy (non-hydrogen) atoms. The van der Waals surface area contributed by atoms with E-state index >= 15 is 0 Å². The normalized spacial score (nSPS) is 11.1. The van der Waals surface area contributed by atoms with Crippen molar-refractivity contribution in [3.05, 3.63) is 29.8 Å². The van der Waals surface area contributed by atoms with Crippen LogP contribution < -0.4 is 10.2 Å². The number of hydrogen-bond acceptors (Lipinski definition) is 3. The Balaban J connectivity index is 2.54. The van der Waals surface area contributed by atoms with Gasteiger partial charge in [0.05, 0.1) is 7.11 Å². The lowest BCUT2D eigenvalue weighted by atomic mass is 9.87. The van der Waals surface area contributed by atoms with Gasteiger partial charge in [-0.3, -0.25) is 9.63 Å². The zero-order valence-corrected chi connectivity index (χ0v) is 10.7. The van der Waals surface area contributed by atoms with Crippen molar-refractivity contribution in [1.29, 1.82) is 0 Å². The average molecular weight is 237 g/mol. The Morgan fingerprint density at radius 1 is 1.24 bits per heavy atom. The van der Waals surface area contributed by atoms with E-state index in [4.69, 9.17) is 4.74 Å². The van der Waals surface area contributed by atoms with Gasteiger partial charge in [0.2, 0.25) is 0 Å². The Morgan fingerprint density at radius 2 is 1.82 bits per heavy atom. The third kappa shape index (κ3) is 4.44. The smallest absolute Gasteiger partial charge is 0.281 e. The van der Waals surface area contributed by atoms with Crippen molar-refractivity contribution in [3.8, 4) is 5.75 Å². The Morgan fingerprint density at radius 3 is 2.29 bits per heavy atom. The highest BCUT2D eigenvalue weighted by Gasteiger charge is 2.13. The van der Waals surface area contributed by atoms with Crippen molar-refractivity contribution in [2.75, 3.05) is 13.7 Å². The van der Waals surface area contributed by atoms with Gasteiger partial charge in [-0.2, -0.15) is 0 Å². The standard InChI is InChI=1S/C13H19NO3/c1-13(2,3)10-5-7-11(8-6-10)17-9-12(15)14-16-4/h5-8H,9H2,1-4H3,(H,14,15). The van der Waals surface area contributed by atoms with E-state index < -0.39 is 0 Å². The molecule has 0 aromatic heterocycles. The highest BCUT2D eigenvalue weighted by Crippen LogP contribution is 2.24. The fourth-order valence-electron chi connectivity index (χ4n) is 1.34. The van der Waals surface area contributed by atoms with Crippen LogP contribution in [0.15, 0.2) is 24.3 Å². The van der Waals surface area contributed by atoms with Crippen molar-refractivity contribution < 1.29 is 14.4 Å². The van der Waals surface area contributed by atoms with Gasteiger partial charge in [0.1, 0.15) is 5.75 Å². The van der Waals surface area contributed by atoms with E-state index in [9.17, 15) is 4.79 Å². The first-order valence-corrected chi connectivity index (χ1v) is 5.48. The molecule has 1 N–H and O–H groups in total. The molecule has 1 rings (SSSR count). The van der Waals surface area contributed by atoms with Crippen LogP contribution in [0.2, 0.25) is 0 Å². The quantitative estimate of drug-likeness (QED) is 0.815. The first kappa shape index (κ1) is 13.5. The van der Waals surface area contributed by atoms with Crippen LogP contribution in [0.25, 0.3) is 0 Å². The number of hydroxylamine groups is 1. The molecule has 0 radical (unpaired) electrons. The maximum atomic E-state index is 11.1. The lowest BCUT2D eigenvalue weighted by Gasteiger charge is -2.19. The summed E-state index contributed by atoms with van der Waals surface area (Å²) in [5, 5.41) is 0. The van der Waals surface area contributed by atoms with Crippen LogP contribution in [-0.4, -0.2) is 19.6 Å². The molecule has 4 heteroatoms. The first-order chi connectivity index (χ1) is 7.93. The number of ether oxygens (including phenoxy) is 1. The molecule has 0 saturated heterocycles. The molecule has 1 aromatic carbocycles. The lowest BCUT2D eigenvalue weighted by Crippen LogP contribution is -2.27. The molecular weight excluding hydrogens is 218 g/mol. The van der Waals surface area contributed by atoms with Gasteiger partial charge >= 0.3 is 0 Å². The summed E-state index contributed by atoms with van der Waals surface area (Å²) in [6, 6.07) is 7.73. The van der Waals surface area contributed by atoms with Gasteiger partial charge in [-0.1, -0.05) is 32.9 Å². The second-order valence-corrected chi connectivity index (χ2v) is 4.79. The minimum Gasteiger partial charge on any atom is -0.484 e. The third-order valence-corrected chi connectivity index (χ3v) is 2.31. The second-order valence-electron chi connectivity index (χ2n) is 4.79. The molecule has 0 aliphatic heterocycles. The number of benzene rings is 1. The van der Waals surface area contributed by atoms with Crippen LogP contribution in [0.3, 0.4) is 0 Å². The highest BCUT2D eigenvalue weighted by molar-refractivity contribution is 5.76. The van der Waals surface area contributed by atoms with E-state index in [1.165, 1.54) is 12.7 Å². The fraction of sp³-hybridized carbons (Fsp3) is 0.462. The van der Waals surface area contributed by atoms with Crippen LogP contribution in [-0.2, 0) is 15.0 Å². The van der Waals surface area contributed by atoms with Gasteiger partial charge in [-0.25, -0.2) is 5.48 Å². The molecule has 0 atom stereocenters. The minimum absolute atomic E-state index is 0.0529. The molecule has 0 saturated carbocycles. The average Bonchev–Trinajstić information content (AvgIpc) is 2.26. The third-order valence-electron chi connectivity index (χ3n) is 2.31. The van der Waals surface area contributed by atoms with Gasteiger partial charge in [-0.05, 0) is 23.1 Å². The zero-order chi connectivity index (χ0) is 12.9. The van der Waals surface area contributed by atoms with Crippen LogP contribution in [0.4, 0.5) is 0 Å². The van der Waals surface area contributed by atoms with E-state index in [2.05, 4.69) is 31.1 Å². The molecule has 1 amide bonds. The van der Waals surface area contributed by atoms with Gasteiger partial charge < -0.3 is 4.74 Å². The number of carbonyl (C=O) groups is 1. The van der Waals surface area contributed by atoms with Gasteiger partial charge in [0, 0.05) is 0 Å². The minimum atomic E-state index is -0.313. The zero-order valence-electron chi connectivity index (χ0n) is 10.7. The summed E-state index contributed by atoms with van der Waals surface area (Å²) in [7, 11) is 1.38. The van der Waals surface area contributed by atoms with Crippen molar-refractivity contribution in [2.45, 2.75) is 26.2 Å². The number of nitrogens with one attached hydrogen (secondary N) is 1. The summed E-state index contributed by atoms with van der Waals surface area (Å²) in [4.78, 5) is 15.6. The topological polar surface area (TPSA) is 47.6 Å². The number of amides is 1. The molecule has 0 bridgehead atoms. The summed E-state index contributed by atoms with van der Waals surface area (Å²) in [5.74, 6) is 0.358. The molecule has 0 fully saturated rings. The van der Waals surface area contributed by atoms with Crippen LogP contribution in [0, 0.1) is 0 Å². The summed E-state index contributed by atoms with van der Waals surface area (Å²) < 4.78 is 5.30. The fourth-order valence-corrected chi connectivity index (χ4v) is 1.34. The summed E-state index contributed by atoms with van der Waals surface area (Å²) in [6.07, 6.45) is 0. The number of rotatable bonds is 4. The Hall–Kier alpha value is -1.55. The largest absolute Gasteiger partial charge is 0.484 e. The summed E-state index contributed by atoms with van der Waals surface area (Å²) in [6.45, 7) is 6.39. The van der Waals surface area contributed by atoms with E-state index in [-0.39, 0.29) is 17.9 Å². The summed E-state index contributed by atoms with van der Waals surface area (Å²) in [5.41, 5.74) is 3.53. The van der Waals surface area contributed by atoms with E-state index in [0.29, 0.717) is 5.75 Å². The van der Waals surface area contributed by atoms with Crippen molar-refractivity contribution >= 4 is 5.91 Å². The number of carbonyl (C=O) groups excluding carboxylic acids is 1. The summed E-state index contributed by atoms with van der Waals surface area (Å²) >= 11 is 0. The molecule has 0 spiro atoms. The lowest BCUT2D eigenvalue weighted by molar-refractivity contribution is -0.133. The second kappa shape index (κ2) is 5.68. The molecule has 0 unspecified atom stereocenters. The highest BCUT2D eigenvalue weighted by atomic mass is 16.6.